The summed E-state index contributed by atoms with van der Waals surface area (Å²) >= 11 is 0. The van der Waals surface area contributed by atoms with Crippen LogP contribution in [0.5, 0.6) is 0 Å². The van der Waals surface area contributed by atoms with E-state index in [2.05, 4.69) is 34.6 Å². The quantitative estimate of drug-likeness (QED) is 0.0479. The second kappa shape index (κ2) is 100. The predicted molar refractivity (Wildman–Crippen MR) is 394 cm³/mol. The van der Waals surface area contributed by atoms with Gasteiger partial charge in [-0.3, -0.25) is 0 Å². The van der Waals surface area contributed by atoms with Crippen LogP contribution in [0, 0.1) is 0 Å². The average Bonchev–Trinajstić information content (AvgIpc) is 3.51. The van der Waals surface area contributed by atoms with Crippen LogP contribution in [-0.2, 0) is 21.7 Å². The van der Waals surface area contributed by atoms with Gasteiger partial charge in [-0.1, -0.05) is 490 Å². The van der Waals surface area contributed by atoms with E-state index >= 15 is 0 Å². The van der Waals surface area contributed by atoms with Crippen LogP contribution in [0.4, 0.5) is 0 Å². The minimum absolute atomic E-state index is 0. The van der Waals surface area contributed by atoms with Crippen molar-refractivity contribution >= 4 is 0 Å². The van der Waals surface area contributed by atoms with Crippen molar-refractivity contribution in [1.82, 2.24) is 0 Å². The van der Waals surface area contributed by atoms with Gasteiger partial charge in [0.25, 0.3) is 0 Å². The topological polar surface area (TPSA) is 48.4 Å². The second-order valence-electron chi connectivity index (χ2n) is 27.8. The van der Waals surface area contributed by atoms with E-state index in [1.165, 1.54) is 456 Å². The van der Waals surface area contributed by atoms with E-state index in [0.29, 0.717) is 6.61 Å². The number of nitrogens with zero attached hydrogens (tertiary/aromatic N) is 2. The van der Waals surface area contributed by atoms with Crippen molar-refractivity contribution < 1.29 is 39.2 Å². The van der Waals surface area contributed by atoms with Crippen molar-refractivity contribution in [3.63, 3.8) is 0 Å². The summed E-state index contributed by atoms with van der Waals surface area (Å²) in [7, 11) is 0. The Morgan fingerprint density at radius 2 is 0.241 bits per heavy atom. The molecule has 5 heteroatoms. The predicted octanol–water partition coefficient (Wildman–Crippen LogP) is 27.9. The third kappa shape index (κ3) is 106. The molecule has 0 unspecified atom stereocenters. The van der Waals surface area contributed by atoms with E-state index < -0.39 is 0 Å². The van der Waals surface area contributed by atoms with E-state index in [9.17, 15) is 0 Å². The monoisotopic (exact) mass is 1280 g/mol. The molecular formula is C82H170ClN2OTi. The van der Waals surface area contributed by atoms with Crippen molar-refractivity contribution in [2.45, 2.75) is 497 Å². The molecule has 0 atom stereocenters. The first-order valence-corrected chi connectivity index (χ1v) is 41.1. The molecule has 0 aliphatic heterocycles. The second-order valence-corrected chi connectivity index (χ2v) is 27.8. The molecule has 525 valence electrons. The van der Waals surface area contributed by atoms with Crippen LogP contribution < -0.4 is 12.4 Å². The van der Waals surface area contributed by atoms with Crippen LogP contribution >= 0.6 is 0 Å². The number of halogens is 1. The van der Waals surface area contributed by atoms with Gasteiger partial charge in [-0.25, -0.2) is 0 Å². The molecule has 0 fully saturated rings. The molecule has 0 heterocycles. The molecule has 0 aliphatic carbocycles. The SMILES string of the molecule is CCCCCCCCCCCCCCCCCC[N-]CCCCCCCCCCCCCCCCCC.CCCCCCCCCCCCCCCCCC[N-]CCCCCCCCCCCCCCCCCC.CCCCCCCCCCO.[Cl-].[Ti+3]. The zero-order valence-electron chi connectivity index (χ0n) is 61.7. The van der Waals surface area contributed by atoms with Gasteiger partial charge < -0.3 is 28.1 Å². The summed E-state index contributed by atoms with van der Waals surface area (Å²) in [5, 5.41) is 18.1. The van der Waals surface area contributed by atoms with Crippen molar-refractivity contribution in [2.24, 2.45) is 0 Å². The molecule has 0 amide bonds. The van der Waals surface area contributed by atoms with Crippen LogP contribution in [0.25, 0.3) is 10.6 Å². The molecule has 0 aromatic heterocycles. The molecule has 0 saturated heterocycles. The summed E-state index contributed by atoms with van der Waals surface area (Å²) in [6.07, 6.45) is 103. The Morgan fingerprint density at radius 3 is 0.345 bits per heavy atom. The van der Waals surface area contributed by atoms with Crippen LogP contribution in [-0.4, -0.2) is 37.9 Å². The number of rotatable bonds is 76. The summed E-state index contributed by atoms with van der Waals surface area (Å²) in [6, 6.07) is 0. The zero-order valence-corrected chi connectivity index (χ0v) is 64.0. The molecular weight excluding hydrogens is 1110 g/mol. The summed E-state index contributed by atoms with van der Waals surface area (Å²) in [5.41, 5.74) is 0. The minimum Gasteiger partial charge on any atom is -1.00 e. The number of aliphatic hydroxyl groups excluding tert-OH is 1. The number of hydrogen-bond donors (Lipinski definition) is 1. The molecule has 0 aromatic rings. The van der Waals surface area contributed by atoms with E-state index in [0.717, 1.165) is 32.6 Å². The van der Waals surface area contributed by atoms with Crippen LogP contribution in [0.1, 0.15) is 497 Å². The summed E-state index contributed by atoms with van der Waals surface area (Å²) < 4.78 is 0. The maximum atomic E-state index is 8.51. The van der Waals surface area contributed by atoms with Gasteiger partial charge in [0.15, 0.2) is 0 Å². The van der Waals surface area contributed by atoms with E-state index in [-0.39, 0.29) is 34.1 Å². The summed E-state index contributed by atoms with van der Waals surface area (Å²) in [5.74, 6) is 0. The van der Waals surface area contributed by atoms with Gasteiger partial charge in [0.1, 0.15) is 0 Å². The largest absolute Gasteiger partial charge is 3.00 e. The smallest absolute Gasteiger partial charge is 1.00 e. The molecule has 0 aliphatic rings. The standard InChI is InChI=1S/2C36H74N.C10H22O.ClH.Ti/c2*1-3-5-7-9-11-13-15-17-19-21-23-25-27-29-31-33-35-37-36-34-32-30-28-26-24-22-20-18-16-14-12-10-8-6-4-2;1-2-3-4-5-6-7-8-9-10-11;;/h2*3-36H2,1-2H3;11H,2-10H2,1H3;1H;/q2*-1;;;+3/p-1. The fourth-order valence-electron chi connectivity index (χ4n) is 12.6. The summed E-state index contributed by atoms with van der Waals surface area (Å²) in [6.45, 7) is 16.3. The molecule has 0 bridgehead atoms. The zero-order chi connectivity index (χ0) is 61.9. The number of unbranched alkanes of at least 4 members (excludes halogenated alkanes) is 67. The Bertz CT molecular complexity index is 887. The number of hydrogen-bond acceptors (Lipinski definition) is 1. The van der Waals surface area contributed by atoms with Gasteiger partial charge in [0.05, 0.1) is 0 Å². The van der Waals surface area contributed by atoms with Crippen molar-refractivity contribution in [3.05, 3.63) is 10.6 Å². The third-order valence-corrected chi connectivity index (χ3v) is 18.7. The van der Waals surface area contributed by atoms with E-state index in [4.69, 9.17) is 15.7 Å². The molecule has 87 heavy (non-hydrogen) atoms. The van der Waals surface area contributed by atoms with Gasteiger partial charge >= 0.3 is 21.7 Å². The Hall–Kier alpha value is 0.884. The van der Waals surface area contributed by atoms with Crippen molar-refractivity contribution in [2.75, 3.05) is 32.8 Å². The van der Waals surface area contributed by atoms with E-state index in [1.54, 1.807) is 0 Å². The van der Waals surface area contributed by atoms with Gasteiger partial charge in [0, 0.05) is 6.61 Å². The maximum Gasteiger partial charge on any atom is 3.00 e. The fourth-order valence-corrected chi connectivity index (χ4v) is 12.6. The average molecular weight is 1280 g/mol. The van der Waals surface area contributed by atoms with Crippen LogP contribution in [0.3, 0.4) is 0 Å². The molecule has 0 saturated carbocycles. The first-order valence-electron chi connectivity index (χ1n) is 41.1. The Kier molecular flexibility index (Phi) is 111. The van der Waals surface area contributed by atoms with Crippen molar-refractivity contribution in [3.8, 4) is 0 Å². The molecule has 0 spiro atoms. The molecule has 0 aromatic carbocycles. The Balaban J connectivity index is -0.000000430. The van der Waals surface area contributed by atoms with E-state index in [1.807, 2.05) is 0 Å². The molecule has 1 N–H and O–H groups in total. The first kappa shape index (κ1) is 96.6. The molecule has 1 radical (unpaired) electrons. The number of aliphatic hydroxyl groups is 1. The molecule has 3 nitrogen and oxygen atoms in total. The third-order valence-electron chi connectivity index (χ3n) is 18.7. The summed E-state index contributed by atoms with van der Waals surface area (Å²) in [4.78, 5) is 0. The van der Waals surface area contributed by atoms with Crippen molar-refractivity contribution in [1.29, 1.82) is 0 Å². The van der Waals surface area contributed by atoms with Gasteiger partial charge in [0.2, 0.25) is 0 Å². The van der Waals surface area contributed by atoms with Crippen LogP contribution in [0.2, 0.25) is 0 Å². The normalized spacial score (nSPS) is 11.1. The van der Waals surface area contributed by atoms with Gasteiger partial charge in [-0.15, -0.1) is 26.2 Å². The maximum absolute atomic E-state index is 8.51. The van der Waals surface area contributed by atoms with Crippen LogP contribution in [0.15, 0.2) is 0 Å². The molecule has 0 rings (SSSR count). The van der Waals surface area contributed by atoms with Gasteiger partial charge in [-0.05, 0) is 6.42 Å². The Labute approximate surface area is 575 Å². The minimum atomic E-state index is 0. The Morgan fingerprint density at radius 1 is 0.149 bits per heavy atom. The first-order chi connectivity index (χ1) is 42.2. The van der Waals surface area contributed by atoms with Gasteiger partial charge in [-0.2, -0.15) is 0 Å². The fraction of sp³-hybridized carbons (Fsp3) is 1.00.